The normalized spacial score (nSPS) is 10.9. The Bertz CT molecular complexity index is 1100. The molecule has 0 aliphatic heterocycles. The Morgan fingerprint density at radius 3 is 2.27 bits per heavy atom. The Morgan fingerprint density at radius 1 is 0.767 bits per heavy atom. The minimum Gasteiger partial charge on any atom is -0.497 e. The van der Waals surface area contributed by atoms with Crippen molar-refractivity contribution in [3.63, 3.8) is 0 Å². The van der Waals surface area contributed by atoms with Crippen molar-refractivity contribution in [2.24, 2.45) is 0 Å². The van der Waals surface area contributed by atoms with Crippen molar-refractivity contribution >= 4 is 11.0 Å². The summed E-state index contributed by atoms with van der Waals surface area (Å²) in [6.07, 6.45) is 1.92. The number of ether oxygens (including phenoxy) is 3. The van der Waals surface area contributed by atoms with E-state index in [0.29, 0.717) is 6.61 Å². The maximum atomic E-state index is 5.91. The van der Waals surface area contributed by atoms with Gasteiger partial charge in [0.25, 0.3) is 0 Å². The van der Waals surface area contributed by atoms with Gasteiger partial charge in [0.15, 0.2) is 11.5 Å². The second-order valence-electron chi connectivity index (χ2n) is 7.01. The third kappa shape index (κ3) is 4.25. The third-order valence-electron chi connectivity index (χ3n) is 5.11. The van der Waals surface area contributed by atoms with Crippen LogP contribution < -0.4 is 14.2 Å². The van der Waals surface area contributed by atoms with Crippen molar-refractivity contribution in [2.75, 3.05) is 20.8 Å². The Labute approximate surface area is 176 Å². The molecule has 0 aliphatic rings. The van der Waals surface area contributed by atoms with Gasteiger partial charge in [-0.3, -0.25) is 0 Å². The van der Waals surface area contributed by atoms with Gasteiger partial charge in [-0.2, -0.15) is 0 Å². The summed E-state index contributed by atoms with van der Waals surface area (Å²) < 4.78 is 18.8. The van der Waals surface area contributed by atoms with Gasteiger partial charge in [0.05, 0.1) is 31.9 Å². The fraction of sp³-hybridized carbons (Fsp3) is 0.240. The molecule has 0 unspecified atom stereocenters. The Hall–Kier alpha value is -3.47. The van der Waals surface area contributed by atoms with Crippen LogP contribution in [0.25, 0.3) is 22.4 Å². The number of hydrogen-bond donors (Lipinski definition) is 0. The van der Waals surface area contributed by atoms with Gasteiger partial charge < -0.3 is 18.8 Å². The number of aromatic nitrogens is 2. The largest absolute Gasteiger partial charge is 0.497 e. The fourth-order valence-corrected chi connectivity index (χ4v) is 3.55. The van der Waals surface area contributed by atoms with Crippen LogP contribution in [0.4, 0.5) is 0 Å². The zero-order chi connectivity index (χ0) is 20.8. The van der Waals surface area contributed by atoms with Crippen LogP contribution in [0.15, 0.2) is 72.8 Å². The molecule has 1 aromatic heterocycles. The number of aryl methyl sites for hydroxylation is 1. The summed E-state index contributed by atoms with van der Waals surface area (Å²) in [7, 11) is 3.34. The highest BCUT2D eigenvalue weighted by atomic mass is 16.5. The molecule has 0 spiro atoms. The van der Waals surface area contributed by atoms with Crippen LogP contribution in [0.5, 0.6) is 17.2 Å². The Morgan fingerprint density at radius 2 is 1.50 bits per heavy atom. The molecule has 0 radical (unpaired) electrons. The molecule has 1 heterocycles. The Kier molecular flexibility index (Phi) is 6.18. The van der Waals surface area contributed by atoms with E-state index in [9.17, 15) is 0 Å². The van der Waals surface area contributed by atoms with Crippen molar-refractivity contribution in [2.45, 2.75) is 19.4 Å². The van der Waals surface area contributed by atoms with Crippen LogP contribution in [0.1, 0.15) is 12.8 Å². The van der Waals surface area contributed by atoms with Crippen LogP contribution in [-0.4, -0.2) is 30.4 Å². The highest BCUT2D eigenvalue weighted by Gasteiger charge is 2.12. The molecule has 0 fully saturated rings. The summed E-state index contributed by atoms with van der Waals surface area (Å²) in [5, 5.41) is 0. The lowest BCUT2D eigenvalue weighted by molar-refractivity contribution is 0.284. The topological polar surface area (TPSA) is 45.5 Å². The molecule has 154 valence electrons. The van der Waals surface area contributed by atoms with Crippen molar-refractivity contribution in [3.05, 3.63) is 72.8 Å². The van der Waals surface area contributed by atoms with Crippen LogP contribution in [0.2, 0.25) is 0 Å². The smallest absolute Gasteiger partial charge is 0.161 e. The molecule has 0 atom stereocenters. The minimum atomic E-state index is 0.644. The summed E-state index contributed by atoms with van der Waals surface area (Å²) in [6, 6.07) is 24.1. The molecule has 0 N–H and O–H groups in total. The molecular weight excluding hydrogens is 376 g/mol. The van der Waals surface area contributed by atoms with Crippen molar-refractivity contribution in [1.82, 2.24) is 9.55 Å². The van der Waals surface area contributed by atoms with E-state index >= 15 is 0 Å². The van der Waals surface area contributed by atoms with E-state index in [0.717, 1.165) is 59.1 Å². The maximum Gasteiger partial charge on any atom is 0.161 e. The predicted molar refractivity (Wildman–Crippen MR) is 119 cm³/mol. The first-order valence-corrected chi connectivity index (χ1v) is 10.2. The van der Waals surface area contributed by atoms with Gasteiger partial charge in [-0.15, -0.1) is 0 Å². The molecular formula is C25H26N2O3. The highest BCUT2D eigenvalue weighted by Crippen LogP contribution is 2.28. The minimum absolute atomic E-state index is 0.644. The zero-order valence-corrected chi connectivity index (χ0v) is 17.4. The van der Waals surface area contributed by atoms with E-state index in [1.165, 1.54) is 0 Å². The first kappa shape index (κ1) is 19.8. The van der Waals surface area contributed by atoms with Gasteiger partial charge in [-0.1, -0.05) is 24.3 Å². The van der Waals surface area contributed by atoms with Crippen molar-refractivity contribution < 1.29 is 14.2 Å². The van der Waals surface area contributed by atoms with Gasteiger partial charge in [-0.25, -0.2) is 4.98 Å². The number of unbranched alkanes of at least 4 members (excludes halogenated alkanes) is 1. The lowest BCUT2D eigenvalue weighted by atomic mass is 10.2. The van der Waals surface area contributed by atoms with Crippen LogP contribution >= 0.6 is 0 Å². The summed E-state index contributed by atoms with van der Waals surface area (Å²) in [5.74, 6) is 3.37. The molecule has 0 aliphatic carbocycles. The van der Waals surface area contributed by atoms with Crippen molar-refractivity contribution in [1.29, 1.82) is 0 Å². The standard InChI is InChI=1S/C25H26N2O3/c1-28-20-15-13-19(14-16-20)25-26-21-9-3-4-10-22(21)27(25)17-7-8-18-30-24-12-6-5-11-23(24)29-2/h3-6,9-16H,7-8,17-18H2,1-2H3. The molecule has 4 aromatic rings. The number of nitrogens with zero attached hydrogens (tertiary/aromatic N) is 2. The van der Waals surface area contributed by atoms with Gasteiger partial charge in [0, 0.05) is 12.1 Å². The lowest BCUT2D eigenvalue weighted by Gasteiger charge is -2.12. The summed E-state index contributed by atoms with van der Waals surface area (Å²) in [4.78, 5) is 4.88. The number of methoxy groups -OCH3 is 2. The predicted octanol–water partition coefficient (Wildman–Crippen LogP) is 5.58. The zero-order valence-electron chi connectivity index (χ0n) is 17.4. The van der Waals surface area contributed by atoms with Crippen LogP contribution in [0.3, 0.4) is 0 Å². The van der Waals surface area contributed by atoms with Crippen LogP contribution in [0, 0.1) is 0 Å². The molecule has 3 aromatic carbocycles. The number of imidazole rings is 1. The number of benzene rings is 3. The molecule has 5 heteroatoms. The highest BCUT2D eigenvalue weighted by molar-refractivity contribution is 5.80. The van der Waals surface area contributed by atoms with Gasteiger partial charge in [-0.05, 0) is 61.4 Å². The molecule has 0 saturated heterocycles. The average Bonchev–Trinajstić information content (AvgIpc) is 3.18. The molecule has 4 rings (SSSR count). The third-order valence-corrected chi connectivity index (χ3v) is 5.11. The van der Waals surface area contributed by atoms with Crippen molar-refractivity contribution in [3.8, 4) is 28.6 Å². The SMILES string of the molecule is COc1ccc(-c2nc3ccccc3n2CCCCOc2ccccc2OC)cc1. The number of rotatable bonds is 9. The fourth-order valence-electron chi connectivity index (χ4n) is 3.55. The molecule has 30 heavy (non-hydrogen) atoms. The average molecular weight is 402 g/mol. The van der Waals surface area contributed by atoms with E-state index in [2.05, 4.69) is 34.9 Å². The summed E-state index contributed by atoms with van der Waals surface area (Å²) in [5.41, 5.74) is 3.24. The summed E-state index contributed by atoms with van der Waals surface area (Å²) in [6.45, 7) is 1.52. The maximum absolute atomic E-state index is 5.91. The molecule has 0 bridgehead atoms. The first-order chi connectivity index (χ1) is 14.8. The lowest BCUT2D eigenvalue weighted by Crippen LogP contribution is -2.04. The van der Waals surface area contributed by atoms with Crippen LogP contribution in [-0.2, 0) is 6.54 Å². The second-order valence-corrected chi connectivity index (χ2v) is 7.01. The summed E-state index contributed by atoms with van der Waals surface area (Å²) >= 11 is 0. The number of fused-ring (bicyclic) bond motifs is 1. The first-order valence-electron chi connectivity index (χ1n) is 10.2. The van der Waals surface area contributed by atoms with E-state index in [1.54, 1.807) is 14.2 Å². The molecule has 0 saturated carbocycles. The number of para-hydroxylation sites is 4. The Balaban J connectivity index is 1.46. The molecule has 0 amide bonds. The molecule has 5 nitrogen and oxygen atoms in total. The second kappa shape index (κ2) is 9.35. The van der Waals surface area contributed by atoms with E-state index in [-0.39, 0.29) is 0 Å². The monoisotopic (exact) mass is 402 g/mol. The van der Waals surface area contributed by atoms with E-state index < -0.39 is 0 Å². The van der Waals surface area contributed by atoms with Gasteiger partial charge in [0.2, 0.25) is 0 Å². The van der Waals surface area contributed by atoms with Gasteiger partial charge >= 0.3 is 0 Å². The van der Waals surface area contributed by atoms with E-state index in [1.807, 2.05) is 42.5 Å². The van der Waals surface area contributed by atoms with E-state index in [4.69, 9.17) is 19.2 Å². The van der Waals surface area contributed by atoms with Gasteiger partial charge in [0.1, 0.15) is 11.6 Å². The number of hydrogen-bond acceptors (Lipinski definition) is 4. The quantitative estimate of drug-likeness (QED) is 0.343.